The Morgan fingerprint density at radius 3 is 2.59 bits per heavy atom. The Morgan fingerprint density at radius 2 is 1.97 bits per heavy atom. The number of hydrogen-bond acceptors (Lipinski definition) is 3. The van der Waals surface area contributed by atoms with E-state index in [1.54, 1.807) is 19.9 Å². The van der Waals surface area contributed by atoms with Crippen molar-refractivity contribution in [3.63, 3.8) is 0 Å². The summed E-state index contributed by atoms with van der Waals surface area (Å²) in [5.41, 5.74) is 3.52. The number of carbonyl (C=O) groups is 2. The number of rotatable bonds is 7. The highest BCUT2D eigenvalue weighted by atomic mass is 19.1. The zero-order valence-electron chi connectivity index (χ0n) is 17.2. The van der Waals surface area contributed by atoms with E-state index in [-0.39, 0.29) is 11.5 Å². The molecular weight excluding hydrogens is 373 g/mol. The van der Waals surface area contributed by atoms with Gasteiger partial charge in [-0.15, -0.1) is 0 Å². The number of anilines is 1. The number of aromatic carboxylic acids is 1. The number of fused-ring (bicyclic) bond motifs is 1. The maximum atomic E-state index is 13.8. The van der Waals surface area contributed by atoms with E-state index >= 15 is 0 Å². The van der Waals surface area contributed by atoms with Crippen LogP contribution in [0.4, 0.5) is 10.1 Å². The van der Waals surface area contributed by atoms with E-state index in [0.29, 0.717) is 40.3 Å². The first-order chi connectivity index (χ1) is 13.8. The number of carboxylic acid groups (broad SMARTS) is 1. The van der Waals surface area contributed by atoms with Crippen LogP contribution in [0.1, 0.15) is 46.7 Å². The van der Waals surface area contributed by atoms with Gasteiger partial charge in [-0.25, -0.2) is 9.18 Å². The topological polar surface area (TPSA) is 74.6 Å². The zero-order chi connectivity index (χ0) is 21.3. The van der Waals surface area contributed by atoms with Gasteiger partial charge in [0.1, 0.15) is 5.82 Å². The van der Waals surface area contributed by atoms with Crippen molar-refractivity contribution < 1.29 is 19.1 Å². The van der Waals surface area contributed by atoms with Crippen LogP contribution in [0.2, 0.25) is 0 Å². The first-order valence-electron chi connectivity index (χ1n) is 9.76. The van der Waals surface area contributed by atoms with E-state index in [2.05, 4.69) is 24.1 Å². The Kier molecular flexibility index (Phi) is 5.88. The number of amides is 1. The van der Waals surface area contributed by atoms with Crippen LogP contribution in [-0.2, 0) is 11.3 Å². The largest absolute Gasteiger partial charge is 0.478 e. The lowest BCUT2D eigenvalue weighted by atomic mass is 10.0. The average molecular weight is 399 g/mol. The number of benzene rings is 1. The first kappa shape index (κ1) is 20.8. The van der Waals surface area contributed by atoms with E-state index in [1.807, 2.05) is 4.57 Å². The van der Waals surface area contributed by atoms with Gasteiger partial charge in [0.25, 0.3) is 5.91 Å². The predicted octanol–water partition coefficient (Wildman–Crippen LogP) is 3.78. The van der Waals surface area contributed by atoms with Gasteiger partial charge in [0.05, 0.1) is 11.1 Å². The second-order valence-corrected chi connectivity index (χ2v) is 7.16. The molecule has 0 saturated carbocycles. The maximum Gasteiger partial charge on any atom is 0.337 e. The van der Waals surface area contributed by atoms with E-state index in [0.717, 1.165) is 19.6 Å². The Balaban J connectivity index is 2.13. The minimum absolute atomic E-state index is 0.245. The molecule has 0 saturated heterocycles. The van der Waals surface area contributed by atoms with Gasteiger partial charge in [0.15, 0.2) is 0 Å². The molecule has 1 aromatic carbocycles. The van der Waals surface area contributed by atoms with Crippen LogP contribution in [0.25, 0.3) is 11.6 Å². The molecule has 1 aromatic heterocycles. The van der Waals surface area contributed by atoms with Gasteiger partial charge >= 0.3 is 5.97 Å². The fraction of sp³-hybridized carbons (Fsp3) is 0.364. The first-order valence-corrected chi connectivity index (χ1v) is 9.76. The maximum absolute atomic E-state index is 13.8. The molecule has 0 aliphatic carbocycles. The number of hydrogen-bond donors (Lipinski definition) is 2. The van der Waals surface area contributed by atoms with Crippen molar-refractivity contribution in [2.24, 2.45) is 0 Å². The van der Waals surface area contributed by atoms with Gasteiger partial charge in [0, 0.05) is 35.7 Å². The highest BCUT2D eigenvalue weighted by molar-refractivity contribution is 6.34. The lowest BCUT2D eigenvalue weighted by molar-refractivity contribution is -0.110. The molecule has 29 heavy (non-hydrogen) atoms. The Labute approximate surface area is 169 Å². The summed E-state index contributed by atoms with van der Waals surface area (Å²) in [4.78, 5) is 26.6. The summed E-state index contributed by atoms with van der Waals surface area (Å²) in [6.45, 7) is 10.8. The minimum atomic E-state index is -0.997. The minimum Gasteiger partial charge on any atom is -0.478 e. The van der Waals surface area contributed by atoms with Crippen molar-refractivity contribution in [1.29, 1.82) is 0 Å². The molecule has 7 heteroatoms. The highest BCUT2D eigenvalue weighted by Gasteiger charge is 2.27. The van der Waals surface area contributed by atoms with Gasteiger partial charge in [-0.05, 0) is 56.8 Å². The van der Waals surface area contributed by atoms with Gasteiger partial charge in [-0.3, -0.25) is 4.79 Å². The molecule has 1 aliphatic rings. The van der Waals surface area contributed by atoms with E-state index < -0.39 is 11.8 Å². The Morgan fingerprint density at radius 1 is 1.28 bits per heavy atom. The summed E-state index contributed by atoms with van der Waals surface area (Å²) in [7, 11) is 0. The fourth-order valence-corrected chi connectivity index (χ4v) is 3.93. The molecule has 1 amide bonds. The SMILES string of the molecule is CCN(CC)CCn1c(C)c(C(=O)O)c(C)c1/C=C1\C(=O)Nc2ccc(F)cc21. The van der Waals surface area contributed by atoms with Crippen molar-refractivity contribution in [3.8, 4) is 0 Å². The monoisotopic (exact) mass is 399 g/mol. The number of halogens is 1. The molecule has 0 bridgehead atoms. The molecule has 0 atom stereocenters. The van der Waals surface area contributed by atoms with Crippen molar-refractivity contribution in [1.82, 2.24) is 9.47 Å². The quantitative estimate of drug-likeness (QED) is 0.695. The molecule has 2 N–H and O–H groups in total. The summed E-state index contributed by atoms with van der Waals surface area (Å²) in [5, 5.41) is 12.4. The van der Waals surface area contributed by atoms with Gasteiger partial charge < -0.3 is 19.9 Å². The van der Waals surface area contributed by atoms with Crippen LogP contribution >= 0.6 is 0 Å². The normalized spacial score (nSPS) is 14.6. The second kappa shape index (κ2) is 8.21. The number of likely N-dealkylation sites (N-methyl/N-ethyl adjacent to an activating group) is 1. The molecular formula is C22H26FN3O3. The molecule has 2 aromatic rings. The average Bonchev–Trinajstić information content (AvgIpc) is 3.10. The van der Waals surface area contributed by atoms with Crippen LogP contribution in [-0.4, -0.2) is 46.1 Å². The summed E-state index contributed by atoms with van der Waals surface area (Å²) >= 11 is 0. The summed E-state index contributed by atoms with van der Waals surface area (Å²) in [5.74, 6) is -1.75. The van der Waals surface area contributed by atoms with Gasteiger partial charge in [-0.2, -0.15) is 0 Å². The molecule has 0 radical (unpaired) electrons. The standard InChI is InChI=1S/C22H26FN3O3/c1-5-25(6-2)9-10-26-14(4)20(22(28)29)13(3)19(26)12-17-16-11-15(23)7-8-18(16)24-21(17)27/h7-8,11-12H,5-6,9-10H2,1-4H3,(H,24,27)(H,28,29)/b17-12-. The van der Waals surface area contributed by atoms with Crippen molar-refractivity contribution in [3.05, 3.63) is 52.1 Å². The lowest BCUT2D eigenvalue weighted by Gasteiger charge is -2.20. The molecule has 1 aliphatic heterocycles. The van der Waals surface area contributed by atoms with Crippen LogP contribution in [0.3, 0.4) is 0 Å². The van der Waals surface area contributed by atoms with E-state index in [1.165, 1.54) is 18.2 Å². The molecule has 0 spiro atoms. The van der Waals surface area contributed by atoms with E-state index in [9.17, 15) is 19.1 Å². The van der Waals surface area contributed by atoms with Crippen LogP contribution in [0.5, 0.6) is 0 Å². The molecule has 0 fully saturated rings. The predicted molar refractivity (Wildman–Crippen MR) is 112 cm³/mol. The number of carbonyl (C=O) groups excluding carboxylic acids is 1. The molecule has 6 nitrogen and oxygen atoms in total. The van der Waals surface area contributed by atoms with Crippen molar-refractivity contribution >= 4 is 29.2 Å². The fourth-order valence-electron chi connectivity index (χ4n) is 3.93. The number of aromatic nitrogens is 1. The lowest BCUT2D eigenvalue weighted by Crippen LogP contribution is -2.27. The molecule has 0 unspecified atom stereocenters. The van der Waals surface area contributed by atoms with Crippen LogP contribution in [0.15, 0.2) is 18.2 Å². The third-order valence-electron chi connectivity index (χ3n) is 5.61. The van der Waals surface area contributed by atoms with Crippen LogP contribution in [0, 0.1) is 19.7 Å². The highest BCUT2D eigenvalue weighted by Crippen LogP contribution is 2.35. The van der Waals surface area contributed by atoms with Gasteiger partial charge in [0.2, 0.25) is 0 Å². The number of carboxylic acids is 1. The summed E-state index contributed by atoms with van der Waals surface area (Å²) < 4.78 is 15.7. The summed E-state index contributed by atoms with van der Waals surface area (Å²) in [6, 6.07) is 4.15. The van der Waals surface area contributed by atoms with E-state index in [4.69, 9.17) is 0 Å². The smallest absolute Gasteiger partial charge is 0.337 e. The molecule has 3 rings (SSSR count). The number of nitrogens with one attached hydrogen (secondary N) is 1. The second-order valence-electron chi connectivity index (χ2n) is 7.16. The van der Waals surface area contributed by atoms with Gasteiger partial charge in [-0.1, -0.05) is 13.8 Å². The number of nitrogens with zero attached hydrogens (tertiary/aromatic N) is 2. The third-order valence-corrected chi connectivity index (χ3v) is 5.61. The van der Waals surface area contributed by atoms with Crippen LogP contribution < -0.4 is 5.32 Å². The summed E-state index contributed by atoms with van der Waals surface area (Å²) in [6.07, 6.45) is 1.68. The Bertz CT molecular complexity index is 1000. The third kappa shape index (κ3) is 3.82. The Hall–Kier alpha value is -2.93. The molecule has 2 heterocycles. The van der Waals surface area contributed by atoms with Crippen molar-refractivity contribution in [2.45, 2.75) is 34.2 Å². The molecule has 154 valence electrons. The van der Waals surface area contributed by atoms with Crippen molar-refractivity contribution in [2.75, 3.05) is 25.0 Å². The zero-order valence-corrected chi connectivity index (χ0v) is 17.2.